The molecule has 0 nitrogen and oxygen atoms in total. The summed E-state index contributed by atoms with van der Waals surface area (Å²) in [5, 5.41) is 0. The van der Waals surface area contributed by atoms with Crippen LogP contribution in [0.5, 0.6) is 0 Å². The second-order valence-electron chi connectivity index (χ2n) is 1.57. The number of allylic oxidation sites excluding steroid dienone is 2. The van der Waals surface area contributed by atoms with E-state index in [9.17, 15) is 0 Å². The molecule has 0 N–H and O–H groups in total. The summed E-state index contributed by atoms with van der Waals surface area (Å²) in [6, 6.07) is 0. The van der Waals surface area contributed by atoms with Crippen molar-refractivity contribution in [2.24, 2.45) is 0 Å². The maximum atomic E-state index is 3.75. The summed E-state index contributed by atoms with van der Waals surface area (Å²) in [7, 11) is 0. The molecule has 0 amide bonds. The smallest absolute Gasteiger partial charge is 0.0202 e. The van der Waals surface area contributed by atoms with E-state index in [2.05, 4.69) is 36.1 Å². The van der Waals surface area contributed by atoms with Gasteiger partial charge in [0.05, 0.1) is 0 Å². The van der Waals surface area contributed by atoms with Crippen LogP contribution in [0.3, 0.4) is 0 Å². The van der Waals surface area contributed by atoms with Crippen LogP contribution >= 0.6 is 22.6 Å². The lowest BCUT2D eigenvalue weighted by Crippen LogP contribution is -1.69. The third-order valence-electron chi connectivity index (χ3n) is 0.837. The molecule has 40 valence electrons. The highest BCUT2D eigenvalue weighted by Gasteiger charge is 1.82. The van der Waals surface area contributed by atoms with E-state index < -0.39 is 0 Å². The van der Waals surface area contributed by atoms with Crippen molar-refractivity contribution in [1.29, 1.82) is 0 Å². The molecule has 7 heavy (non-hydrogen) atoms. The largest absolute Gasteiger partial charge is 0.0958 e. The fourth-order valence-electron chi connectivity index (χ4n) is 0.0931. The first-order valence-corrected chi connectivity index (χ1v) is 3.36. The molecule has 0 aromatic carbocycles. The highest BCUT2D eigenvalue weighted by atomic mass is 127. The van der Waals surface area contributed by atoms with Crippen molar-refractivity contribution in [1.82, 2.24) is 0 Å². The fraction of sp³-hybridized carbons (Fsp3) is 0.333. The minimum absolute atomic E-state index is 1.15. The van der Waals surface area contributed by atoms with E-state index in [0.29, 0.717) is 0 Å². The Morgan fingerprint density at radius 2 is 2.00 bits per heavy atom. The van der Waals surface area contributed by atoms with Crippen LogP contribution in [0, 0.1) is 0 Å². The van der Waals surface area contributed by atoms with Crippen molar-refractivity contribution in [3.63, 3.8) is 0 Å². The van der Waals surface area contributed by atoms with Gasteiger partial charge < -0.3 is 0 Å². The molecule has 0 aromatic rings. The molecule has 0 aliphatic heterocycles. The molecule has 0 saturated heterocycles. The Hall–Kier alpha value is 0.210. The average molecular weight is 208 g/mol. The van der Waals surface area contributed by atoms with Crippen molar-refractivity contribution in [2.75, 3.05) is 0 Å². The van der Waals surface area contributed by atoms with E-state index in [0.717, 1.165) is 5.57 Å². The normalized spacial score (nSPS) is 11.6. The molecular formula is C6H9I. The standard InChI is InChI=1S/C6H9I/c1-5(2)6(3)4-7/h4H,1H2,2-3H3/b6-4+. The molecule has 0 bridgehead atoms. The minimum atomic E-state index is 1.15. The van der Waals surface area contributed by atoms with Gasteiger partial charge in [-0.05, 0) is 23.5 Å². The van der Waals surface area contributed by atoms with E-state index in [1.807, 2.05) is 11.0 Å². The minimum Gasteiger partial charge on any atom is -0.0958 e. The summed E-state index contributed by atoms with van der Waals surface area (Å²) >= 11 is 2.21. The Kier molecular flexibility index (Phi) is 3.34. The van der Waals surface area contributed by atoms with Crippen molar-refractivity contribution >= 4 is 22.6 Å². The van der Waals surface area contributed by atoms with Gasteiger partial charge in [-0.2, -0.15) is 0 Å². The molecule has 0 aliphatic carbocycles. The SMILES string of the molecule is C=C(C)/C(C)=C/I. The molecule has 0 fully saturated rings. The summed E-state index contributed by atoms with van der Waals surface area (Å²) in [5.74, 6) is 0. The van der Waals surface area contributed by atoms with E-state index in [1.54, 1.807) is 0 Å². The van der Waals surface area contributed by atoms with Crippen molar-refractivity contribution in [2.45, 2.75) is 13.8 Å². The van der Waals surface area contributed by atoms with Crippen molar-refractivity contribution in [3.05, 3.63) is 21.8 Å². The van der Waals surface area contributed by atoms with Gasteiger partial charge >= 0.3 is 0 Å². The number of rotatable bonds is 1. The lowest BCUT2D eigenvalue weighted by molar-refractivity contribution is 1.38. The van der Waals surface area contributed by atoms with Gasteiger partial charge in [-0.1, -0.05) is 34.7 Å². The Balaban J connectivity index is 3.82. The van der Waals surface area contributed by atoms with Gasteiger partial charge in [-0.15, -0.1) is 0 Å². The summed E-state index contributed by atoms with van der Waals surface area (Å²) in [5.41, 5.74) is 2.41. The number of hydrogen-bond acceptors (Lipinski definition) is 0. The topological polar surface area (TPSA) is 0 Å². The quantitative estimate of drug-likeness (QED) is 0.459. The lowest BCUT2D eigenvalue weighted by Gasteiger charge is -1.91. The first-order chi connectivity index (χ1) is 3.18. The first kappa shape index (κ1) is 7.21. The van der Waals surface area contributed by atoms with Gasteiger partial charge in [0.25, 0.3) is 0 Å². The second-order valence-corrected chi connectivity index (χ2v) is 2.20. The maximum Gasteiger partial charge on any atom is -0.0202 e. The van der Waals surface area contributed by atoms with Crippen LogP contribution < -0.4 is 0 Å². The predicted molar refractivity (Wildman–Crippen MR) is 42.6 cm³/mol. The van der Waals surface area contributed by atoms with Gasteiger partial charge in [0.1, 0.15) is 0 Å². The molecule has 0 radical (unpaired) electrons. The van der Waals surface area contributed by atoms with E-state index in [1.165, 1.54) is 5.57 Å². The zero-order chi connectivity index (χ0) is 5.86. The first-order valence-electron chi connectivity index (χ1n) is 2.11. The molecule has 0 atom stereocenters. The molecule has 1 heteroatoms. The summed E-state index contributed by atoms with van der Waals surface area (Å²) in [6.45, 7) is 7.81. The van der Waals surface area contributed by atoms with Crippen LogP contribution in [0.2, 0.25) is 0 Å². The van der Waals surface area contributed by atoms with Gasteiger partial charge in [0.15, 0.2) is 0 Å². The van der Waals surface area contributed by atoms with E-state index in [-0.39, 0.29) is 0 Å². The number of hydrogen-bond donors (Lipinski definition) is 0. The summed E-state index contributed by atoms with van der Waals surface area (Å²) < 4.78 is 2.03. The Labute approximate surface area is 58.4 Å². The van der Waals surface area contributed by atoms with Crippen molar-refractivity contribution in [3.8, 4) is 0 Å². The van der Waals surface area contributed by atoms with Crippen LogP contribution in [-0.2, 0) is 0 Å². The molecule has 0 unspecified atom stereocenters. The summed E-state index contributed by atoms with van der Waals surface area (Å²) in [4.78, 5) is 0. The predicted octanol–water partition coefficient (Wildman–Crippen LogP) is 2.90. The summed E-state index contributed by atoms with van der Waals surface area (Å²) in [6.07, 6.45) is 0. The van der Waals surface area contributed by atoms with Crippen LogP contribution in [-0.4, -0.2) is 0 Å². The van der Waals surface area contributed by atoms with Gasteiger partial charge in [0, 0.05) is 0 Å². The Bertz CT molecular complexity index is 101. The molecule has 0 aliphatic rings. The lowest BCUT2D eigenvalue weighted by atomic mass is 10.2. The fourth-order valence-corrected chi connectivity index (χ4v) is 0.625. The Morgan fingerprint density at radius 3 is 2.00 bits per heavy atom. The van der Waals surface area contributed by atoms with Gasteiger partial charge in [-0.25, -0.2) is 0 Å². The highest BCUT2D eigenvalue weighted by Crippen LogP contribution is 2.06. The maximum absolute atomic E-state index is 3.75. The van der Waals surface area contributed by atoms with Crippen molar-refractivity contribution < 1.29 is 0 Å². The third kappa shape index (κ3) is 2.85. The highest BCUT2D eigenvalue weighted by molar-refractivity contribution is 14.1. The second kappa shape index (κ2) is 3.24. The average Bonchev–Trinajstić information content (AvgIpc) is 1.65. The van der Waals surface area contributed by atoms with Gasteiger partial charge in [0.2, 0.25) is 0 Å². The zero-order valence-corrected chi connectivity index (χ0v) is 6.82. The van der Waals surface area contributed by atoms with Crippen LogP contribution in [0.4, 0.5) is 0 Å². The molecule has 0 rings (SSSR count). The third-order valence-corrected chi connectivity index (χ3v) is 1.77. The monoisotopic (exact) mass is 208 g/mol. The molecule has 0 heterocycles. The van der Waals surface area contributed by atoms with Crippen LogP contribution in [0.25, 0.3) is 0 Å². The molecular weight excluding hydrogens is 199 g/mol. The molecule has 0 aromatic heterocycles. The van der Waals surface area contributed by atoms with Crippen LogP contribution in [0.1, 0.15) is 13.8 Å². The van der Waals surface area contributed by atoms with Gasteiger partial charge in [-0.3, -0.25) is 0 Å². The van der Waals surface area contributed by atoms with Crippen LogP contribution in [0.15, 0.2) is 21.8 Å². The van der Waals surface area contributed by atoms with E-state index >= 15 is 0 Å². The molecule has 0 spiro atoms. The Morgan fingerprint density at radius 1 is 1.57 bits per heavy atom. The molecule has 0 saturated carbocycles. The number of halogens is 1. The van der Waals surface area contributed by atoms with E-state index in [4.69, 9.17) is 0 Å². The zero-order valence-electron chi connectivity index (χ0n) is 4.66.